The van der Waals surface area contributed by atoms with Crippen LogP contribution < -0.4 is 0 Å². The van der Waals surface area contributed by atoms with Crippen molar-refractivity contribution in [1.82, 2.24) is 0 Å². The third-order valence-electron chi connectivity index (χ3n) is 0.503. The zero-order valence-electron chi connectivity index (χ0n) is 4.25. The Hall–Kier alpha value is 0.537. The molecule has 42 valence electrons. The molecule has 0 aliphatic carbocycles. The lowest BCUT2D eigenvalue weighted by atomic mass is 10.5. The third-order valence-corrected chi connectivity index (χ3v) is 1.22. The Balaban J connectivity index is 3.13. The molecule has 0 atom stereocenters. The number of rotatable bonds is 2. The van der Waals surface area contributed by atoms with E-state index in [4.69, 9.17) is 23.2 Å². The molecule has 0 rings (SSSR count). The van der Waals surface area contributed by atoms with E-state index in [0.29, 0.717) is 0 Å². The van der Waals surface area contributed by atoms with Gasteiger partial charge in [-0.3, -0.25) is 0 Å². The standard InChI is InChI=1S/C4H8Cl2Si/c1-3(7)2-4(5)6/h4H,1-2H2,7H3. The van der Waals surface area contributed by atoms with Crippen molar-refractivity contribution in [3.05, 3.63) is 11.8 Å². The molecule has 0 saturated carbocycles. The van der Waals surface area contributed by atoms with Gasteiger partial charge in [0.15, 0.2) is 0 Å². The Labute approximate surface area is 56.9 Å². The summed E-state index contributed by atoms with van der Waals surface area (Å²) in [5, 5.41) is 1.16. The van der Waals surface area contributed by atoms with E-state index in [0.717, 1.165) is 21.9 Å². The van der Waals surface area contributed by atoms with Gasteiger partial charge >= 0.3 is 0 Å². The minimum absolute atomic E-state index is 0.245. The summed E-state index contributed by atoms with van der Waals surface area (Å²) in [6.07, 6.45) is 0.759. The molecule has 0 amide bonds. The highest BCUT2D eigenvalue weighted by Gasteiger charge is 1.95. The molecule has 0 spiro atoms. The van der Waals surface area contributed by atoms with Gasteiger partial charge < -0.3 is 0 Å². The molecule has 7 heavy (non-hydrogen) atoms. The topological polar surface area (TPSA) is 0 Å². The van der Waals surface area contributed by atoms with Crippen molar-refractivity contribution in [2.24, 2.45) is 0 Å². The second kappa shape index (κ2) is 3.53. The summed E-state index contributed by atoms with van der Waals surface area (Å²) in [5.74, 6) is 0. The molecule has 0 saturated heterocycles. The zero-order valence-corrected chi connectivity index (χ0v) is 7.76. The van der Waals surface area contributed by atoms with Crippen molar-refractivity contribution >= 4 is 33.4 Å². The first-order valence-corrected chi connectivity index (χ1v) is 3.92. The molecular formula is C4H8Cl2Si. The Morgan fingerprint density at radius 3 is 2.14 bits per heavy atom. The smallest absolute Gasteiger partial charge is 0.105 e. The van der Waals surface area contributed by atoms with Crippen LogP contribution in [0.25, 0.3) is 0 Å². The molecule has 3 heteroatoms. The van der Waals surface area contributed by atoms with Gasteiger partial charge in [0.2, 0.25) is 0 Å². The van der Waals surface area contributed by atoms with Crippen LogP contribution in [0.1, 0.15) is 6.42 Å². The summed E-state index contributed by atoms with van der Waals surface area (Å²) >= 11 is 10.8. The van der Waals surface area contributed by atoms with E-state index in [-0.39, 0.29) is 4.84 Å². The van der Waals surface area contributed by atoms with Gasteiger partial charge in [-0.2, -0.15) is 0 Å². The lowest BCUT2D eigenvalue weighted by Gasteiger charge is -1.95. The van der Waals surface area contributed by atoms with E-state index in [1.807, 2.05) is 0 Å². The maximum absolute atomic E-state index is 5.40. The van der Waals surface area contributed by atoms with E-state index in [1.54, 1.807) is 0 Å². The quantitative estimate of drug-likeness (QED) is 0.413. The second-order valence-corrected chi connectivity index (χ2v) is 4.24. The highest BCUT2D eigenvalue weighted by atomic mass is 35.5. The van der Waals surface area contributed by atoms with Crippen LogP contribution in [0, 0.1) is 0 Å². The van der Waals surface area contributed by atoms with Crippen LogP contribution in [-0.2, 0) is 0 Å². The first kappa shape index (κ1) is 7.54. The third kappa shape index (κ3) is 6.54. The Bertz CT molecular complexity index is 70.1. The van der Waals surface area contributed by atoms with Gasteiger partial charge in [0.05, 0.1) is 0 Å². The molecule has 0 aliphatic heterocycles. The van der Waals surface area contributed by atoms with Gasteiger partial charge in [0, 0.05) is 10.2 Å². The lowest BCUT2D eigenvalue weighted by Crippen LogP contribution is -1.87. The van der Waals surface area contributed by atoms with E-state index in [9.17, 15) is 0 Å². The molecule has 0 radical (unpaired) electrons. The summed E-state index contributed by atoms with van der Waals surface area (Å²) in [7, 11) is 1.00. The predicted molar refractivity (Wildman–Crippen MR) is 39.2 cm³/mol. The fraction of sp³-hybridized carbons (Fsp3) is 0.500. The Morgan fingerprint density at radius 2 is 2.14 bits per heavy atom. The fourth-order valence-electron chi connectivity index (χ4n) is 0.263. The molecule has 0 nitrogen and oxygen atoms in total. The minimum Gasteiger partial charge on any atom is -0.105 e. The zero-order chi connectivity index (χ0) is 5.86. The Morgan fingerprint density at radius 1 is 1.71 bits per heavy atom. The van der Waals surface area contributed by atoms with Crippen molar-refractivity contribution in [3.8, 4) is 0 Å². The van der Waals surface area contributed by atoms with Gasteiger partial charge in [-0.15, -0.1) is 29.8 Å². The number of alkyl halides is 2. The average Bonchev–Trinajstić information content (AvgIpc) is 1.27. The van der Waals surface area contributed by atoms with E-state index >= 15 is 0 Å². The largest absolute Gasteiger partial charge is 0.111 e. The molecular weight excluding hydrogens is 147 g/mol. The normalized spacial score (nSPS) is 10.1. The van der Waals surface area contributed by atoms with Crippen LogP contribution in [0.15, 0.2) is 11.8 Å². The molecule has 0 bridgehead atoms. The summed E-state index contributed by atoms with van der Waals surface area (Å²) < 4.78 is 0. The lowest BCUT2D eigenvalue weighted by molar-refractivity contribution is 1.14. The molecule has 0 heterocycles. The van der Waals surface area contributed by atoms with E-state index < -0.39 is 0 Å². The molecule has 0 aromatic heterocycles. The van der Waals surface area contributed by atoms with Crippen LogP contribution in [0.3, 0.4) is 0 Å². The van der Waals surface area contributed by atoms with E-state index in [2.05, 4.69) is 6.58 Å². The monoisotopic (exact) mass is 154 g/mol. The SMILES string of the molecule is C=C([SiH3])CC(Cl)Cl. The van der Waals surface area contributed by atoms with Crippen molar-refractivity contribution < 1.29 is 0 Å². The molecule has 0 aromatic rings. The van der Waals surface area contributed by atoms with Gasteiger partial charge in [0.25, 0.3) is 0 Å². The van der Waals surface area contributed by atoms with Gasteiger partial charge in [0.1, 0.15) is 4.84 Å². The fourth-order valence-corrected chi connectivity index (χ4v) is 1.72. The first-order chi connectivity index (χ1) is 3.13. The summed E-state index contributed by atoms with van der Waals surface area (Å²) in [4.78, 5) is -0.245. The van der Waals surface area contributed by atoms with Crippen molar-refractivity contribution in [1.29, 1.82) is 0 Å². The van der Waals surface area contributed by atoms with Gasteiger partial charge in [-0.1, -0.05) is 5.20 Å². The van der Waals surface area contributed by atoms with E-state index in [1.165, 1.54) is 0 Å². The van der Waals surface area contributed by atoms with Crippen LogP contribution >= 0.6 is 23.2 Å². The number of hydrogen-bond donors (Lipinski definition) is 0. The summed E-state index contributed by atoms with van der Waals surface area (Å²) in [6, 6.07) is 0. The second-order valence-electron chi connectivity index (χ2n) is 1.55. The summed E-state index contributed by atoms with van der Waals surface area (Å²) in [6.45, 7) is 3.69. The van der Waals surface area contributed by atoms with Crippen molar-refractivity contribution in [2.45, 2.75) is 11.3 Å². The molecule has 0 unspecified atom stereocenters. The number of allylic oxidation sites excluding steroid dienone is 1. The average molecular weight is 155 g/mol. The number of hydrogen-bond acceptors (Lipinski definition) is 0. The molecule has 0 N–H and O–H groups in total. The predicted octanol–water partition coefficient (Wildman–Crippen LogP) is 1.06. The summed E-state index contributed by atoms with van der Waals surface area (Å²) in [5.41, 5.74) is 0. The van der Waals surface area contributed by atoms with Crippen LogP contribution in [0.2, 0.25) is 0 Å². The van der Waals surface area contributed by atoms with Crippen LogP contribution in [0.4, 0.5) is 0 Å². The van der Waals surface area contributed by atoms with Gasteiger partial charge in [-0.25, -0.2) is 0 Å². The Kier molecular flexibility index (Phi) is 3.80. The first-order valence-electron chi connectivity index (χ1n) is 2.05. The number of halogens is 2. The molecule has 0 aliphatic rings. The maximum atomic E-state index is 5.40. The van der Waals surface area contributed by atoms with Crippen molar-refractivity contribution in [3.63, 3.8) is 0 Å². The highest BCUT2D eigenvalue weighted by molar-refractivity contribution is 6.44. The highest BCUT2D eigenvalue weighted by Crippen LogP contribution is 2.09. The van der Waals surface area contributed by atoms with Crippen molar-refractivity contribution in [2.75, 3.05) is 0 Å². The van der Waals surface area contributed by atoms with Crippen LogP contribution in [-0.4, -0.2) is 15.1 Å². The molecule has 0 aromatic carbocycles. The maximum Gasteiger partial charge on any atom is 0.111 e. The van der Waals surface area contributed by atoms with Gasteiger partial charge in [-0.05, 0) is 6.42 Å². The molecule has 0 fully saturated rings. The minimum atomic E-state index is -0.245. The van der Waals surface area contributed by atoms with Crippen LogP contribution in [0.5, 0.6) is 0 Å².